The van der Waals surface area contributed by atoms with E-state index in [2.05, 4.69) is 20.3 Å². The SMILES string of the molecule is CN=C(NCCc1c(F)cccc1F)N(C)Cc1ncc(-c2ccccc2)[nH]1.I. The molecule has 0 atom stereocenters. The molecule has 1 heterocycles. The second-order valence-corrected chi connectivity index (χ2v) is 6.39. The van der Waals surface area contributed by atoms with Crippen LogP contribution in [0.4, 0.5) is 8.78 Å². The number of hydrogen-bond donors (Lipinski definition) is 2. The van der Waals surface area contributed by atoms with Gasteiger partial charge < -0.3 is 15.2 Å². The fraction of sp³-hybridized carbons (Fsp3) is 0.238. The van der Waals surface area contributed by atoms with Gasteiger partial charge in [0.2, 0.25) is 0 Å². The van der Waals surface area contributed by atoms with Crippen LogP contribution in [0.25, 0.3) is 11.3 Å². The summed E-state index contributed by atoms with van der Waals surface area (Å²) in [5.41, 5.74) is 2.09. The molecule has 5 nitrogen and oxygen atoms in total. The highest BCUT2D eigenvalue weighted by molar-refractivity contribution is 14.0. The first-order valence-corrected chi connectivity index (χ1v) is 9.02. The number of guanidine groups is 1. The van der Waals surface area contributed by atoms with E-state index in [1.807, 2.05) is 42.3 Å². The van der Waals surface area contributed by atoms with Crippen molar-refractivity contribution >= 4 is 29.9 Å². The molecule has 0 unspecified atom stereocenters. The van der Waals surface area contributed by atoms with Gasteiger partial charge in [-0.15, -0.1) is 24.0 Å². The molecule has 0 bridgehead atoms. The summed E-state index contributed by atoms with van der Waals surface area (Å²) in [7, 11) is 3.55. The third kappa shape index (κ3) is 5.99. The van der Waals surface area contributed by atoms with E-state index in [-0.39, 0.29) is 36.0 Å². The minimum atomic E-state index is -0.533. The lowest BCUT2D eigenvalue weighted by Gasteiger charge is -2.21. The molecule has 2 aromatic carbocycles. The second-order valence-electron chi connectivity index (χ2n) is 6.39. The summed E-state index contributed by atoms with van der Waals surface area (Å²) < 4.78 is 27.4. The van der Waals surface area contributed by atoms with Gasteiger partial charge in [-0.05, 0) is 24.1 Å². The molecule has 0 aliphatic rings. The molecule has 0 spiro atoms. The molecule has 0 aliphatic heterocycles. The Hall–Kier alpha value is -2.49. The van der Waals surface area contributed by atoms with Crippen LogP contribution in [0.2, 0.25) is 0 Å². The largest absolute Gasteiger partial charge is 0.356 e. The summed E-state index contributed by atoms with van der Waals surface area (Å²) in [6, 6.07) is 13.9. The maximum Gasteiger partial charge on any atom is 0.193 e. The van der Waals surface area contributed by atoms with Crippen LogP contribution in [0.1, 0.15) is 11.4 Å². The molecule has 3 rings (SSSR count). The predicted octanol–water partition coefficient (Wildman–Crippen LogP) is 4.22. The van der Waals surface area contributed by atoms with Crippen LogP contribution in [-0.2, 0) is 13.0 Å². The number of rotatable bonds is 6. The van der Waals surface area contributed by atoms with E-state index in [0.717, 1.165) is 17.1 Å². The number of hydrogen-bond acceptors (Lipinski definition) is 2. The fourth-order valence-electron chi connectivity index (χ4n) is 2.96. The molecule has 29 heavy (non-hydrogen) atoms. The minimum Gasteiger partial charge on any atom is -0.356 e. The van der Waals surface area contributed by atoms with Crippen molar-refractivity contribution in [2.75, 3.05) is 20.6 Å². The number of nitrogens with one attached hydrogen (secondary N) is 2. The lowest BCUT2D eigenvalue weighted by Crippen LogP contribution is -2.39. The summed E-state index contributed by atoms with van der Waals surface area (Å²) in [5, 5.41) is 3.13. The monoisotopic (exact) mass is 511 g/mol. The van der Waals surface area contributed by atoms with E-state index < -0.39 is 11.6 Å². The highest BCUT2D eigenvalue weighted by Crippen LogP contribution is 2.16. The lowest BCUT2D eigenvalue weighted by molar-refractivity contribution is 0.463. The molecule has 0 saturated heterocycles. The molecule has 154 valence electrons. The number of imidazole rings is 1. The second kappa shape index (κ2) is 10.9. The Kier molecular flexibility index (Phi) is 8.56. The quantitative estimate of drug-likeness (QED) is 0.296. The Bertz CT molecular complexity index is 923. The molecule has 2 N–H and O–H groups in total. The number of aliphatic imine (C=N–C) groups is 1. The number of halogens is 3. The highest BCUT2D eigenvalue weighted by Gasteiger charge is 2.12. The smallest absolute Gasteiger partial charge is 0.193 e. The summed E-state index contributed by atoms with van der Waals surface area (Å²) in [6.07, 6.45) is 2.03. The van der Waals surface area contributed by atoms with Crippen molar-refractivity contribution in [3.05, 3.63) is 77.8 Å². The molecule has 8 heteroatoms. The zero-order valence-corrected chi connectivity index (χ0v) is 18.7. The predicted molar refractivity (Wildman–Crippen MR) is 122 cm³/mol. The van der Waals surface area contributed by atoms with Crippen LogP contribution in [0.15, 0.2) is 59.7 Å². The van der Waals surface area contributed by atoms with Gasteiger partial charge in [-0.25, -0.2) is 13.8 Å². The molecule has 0 amide bonds. The van der Waals surface area contributed by atoms with Gasteiger partial charge in [-0.2, -0.15) is 0 Å². The van der Waals surface area contributed by atoms with Crippen LogP contribution in [0.5, 0.6) is 0 Å². The first-order valence-electron chi connectivity index (χ1n) is 9.02. The topological polar surface area (TPSA) is 56.3 Å². The number of aromatic nitrogens is 2. The Labute approximate surface area is 186 Å². The molecule has 0 aliphatic carbocycles. The first kappa shape index (κ1) is 22.8. The van der Waals surface area contributed by atoms with Crippen molar-refractivity contribution in [3.8, 4) is 11.3 Å². The molecule has 1 aromatic heterocycles. The Morgan fingerprint density at radius 3 is 2.45 bits per heavy atom. The van der Waals surface area contributed by atoms with E-state index in [1.165, 1.54) is 18.2 Å². The maximum absolute atomic E-state index is 13.7. The van der Waals surface area contributed by atoms with Crippen LogP contribution in [-0.4, -0.2) is 41.5 Å². The molecule has 0 fully saturated rings. The minimum absolute atomic E-state index is 0. The van der Waals surface area contributed by atoms with Crippen molar-refractivity contribution in [3.63, 3.8) is 0 Å². The summed E-state index contributed by atoms with van der Waals surface area (Å²) >= 11 is 0. The summed E-state index contributed by atoms with van der Waals surface area (Å²) in [4.78, 5) is 13.8. The fourth-order valence-corrected chi connectivity index (χ4v) is 2.96. The van der Waals surface area contributed by atoms with E-state index >= 15 is 0 Å². The van der Waals surface area contributed by atoms with Gasteiger partial charge in [0.1, 0.15) is 17.5 Å². The van der Waals surface area contributed by atoms with E-state index in [1.54, 1.807) is 13.2 Å². The van der Waals surface area contributed by atoms with Gasteiger partial charge in [0.05, 0.1) is 18.4 Å². The molecule has 0 saturated carbocycles. The van der Waals surface area contributed by atoms with Crippen molar-refractivity contribution in [2.24, 2.45) is 4.99 Å². The summed E-state index contributed by atoms with van der Waals surface area (Å²) in [5.74, 6) is 0.349. The highest BCUT2D eigenvalue weighted by atomic mass is 127. The molecular formula is C21H24F2IN5. The third-order valence-corrected chi connectivity index (χ3v) is 4.39. The first-order chi connectivity index (χ1) is 13.6. The standard InChI is InChI=1S/C21H23F2N5.HI/c1-24-21(25-12-11-16-17(22)9-6-10-18(16)23)28(2)14-20-26-13-19(27-20)15-7-4-3-5-8-15;/h3-10,13H,11-12,14H2,1-2H3,(H,24,25)(H,26,27);1H. The van der Waals surface area contributed by atoms with E-state index in [0.29, 0.717) is 19.0 Å². The Morgan fingerprint density at radius 1 is 1.10 bits per heavy atom. The Morgan fingerprint density at radius 2 is 1.79 bits per heavy atom. The van der Waals surface area contributed by atoms with Crippen LogP contribution >= 0.6 is 24.0 Å². The lowest BCUT2D eigenvalue weighted by atomic mass is 10.1. The number of aromatic amines is 1. The molecule has 0 radical (unpaired) electrons. The Balaban J connectivity index is 0.00000300. The van der Waals surface area contributed by atoms with Crippen LogP contribution < -0.4 is 5.32 Å². The average Bonchev–Trinajstić information content (AvgIpc) is 3.16. The van der Waals surface area contributed by atoms with Gasteiger partial charge in [-0.3, -0.25) is 4.99 Å². The van der Waals surface area contributed by atoms with Gasteiger partial charge >= 0.3 is 0 Å². The average molecular weight is 511 g/mol. The molecular weight excluding hydrogens is 487 g/mol. The number of H-pyrrole nitrogens is 1. The number of benzene rings is 2. The maximum atomic E-state index is 13.7. The third-order valence-electron chi connectivity index (χ3n) is 4.39. The summed E-state index contributed by atoms with van der Waals surface area (Å²) in [6.45, 7) is 0.878. The van der Waals surface area contributed by atoms with Crippen molar-refractivity contribution in [1.82, 2.24) is 20.2 Å². The normalized spacial score (nSPS) is 11.1. The van der Waals surface area contributed by atoms with Crippen LogP contribution in [0.3, 0.4) is 0 Å². The van der Waals surface area contributed by atoms with E-state index in [9.17, 15) is 8.78 Å². The van der Waals surface area contributed by atoms with Crippen molar-refractivity contribution < 1.29 is 8.78 Å². The van der Waals surface area contributed by atoms with Crippen molar-refractivity contribution in [1.29, 1.82) is 0 Å². The molecule has 3 aromatic rings. The zero-order valence-electron chi connectivity index (χ0n) is 16.3. The van der Waals surface area contributed by atoms with Gasteiger partial charge in [-0.1, -0.05) is 36.4 Å². The number of nitrogens with zero attached hydrogens (tertiary/aromatic N) is 3. The van der Waals surface area contributed by atoms with Gasteiger partial charge in [0, 0.05) is 26.2 Å². The van der Waals surface area contributed by atoms with Crippen LogP contribution in [0, 0.1) is 11.6 Å². The van der Waals surface area contributed by atoms with E-state index in [4.69, 9.17) is 0 Å². The van der Waals surface area contributed by atoms with Gasteiger partial charge in [0.25, 0.3) is 0 Å². The van der Waals surface area contributed by atoms with Gasteiger partial charge in [0.15, 0.2) is 5.96 Å². The van der Waals surface area contributed by atoms with Crippen molar-refractivity contribution in [2.45, 2.75) is 13.0 Å². The zero-order chi connectivity index (χ0) is 19.9.